The van der Waals surface area contributed by atoms with Gasteiger partial charge in [-0.15, -0.1) is 0 Å². The Balaban J connectivity index is 0.000000385. The Kier molecular flexibility index (Phi) is 9.99. The molecule has 0 aliphatic rings. The third-order valence-corrected chi connectivity index (χ3v) is 5.68. The Morgan fingerprint density at radius 3 is 1.86 bits per heavy atom. The molecule has 7 heteroatoms. The predicted octanol–water partition coefficient (Wildman–Crippen LogP) is 2.90. The first-order valence-corrected chi connectivity index (χ1v) is 11.3. The summed E-state index contributed by atoms with van der Waals surface area (Å²) in [5, 5.41) is 17.1. The first kappa shape index (κ1) is 20.8. The van der Waals surface area contributed by atoms with Crippen molar-refractivity contribution >= 4 is 59.3 Å². The molecule has 0 unspecified atom stereocenters. The van der Waals surface area contributed by atoms with E-state index in [1.54, 1.807) is 30.3 Å². The van der Waals surface area contributed by atoms with Gasteiger partial charge in [0.05, 0.1) is 5.56 Å². The molecular formula is C15H14FIO4Sn. The van der Waals surface area contributed by atoms with E-state index in [9.17, 15) is 9.59 Å². The number of benzene rings is 2. The molecule has 2 radical (unpaired) electrons. The number of halogens is 2. The van der Waals surface area contributed by atoms with Crippen molar-refractivity contribution in [3.05, 3.63) is 63.2 Å². The van der Waals surface area contributed by atoms with Gasteiger partial charge in [-0.1, -0.05) is 6.07 Å². The summed E-state index contributed by atoms with van der Waals surface area (Å²) in [5.74, 6) is -1.71. The van der Waals surface area contributed by atoms with E-state index in [-0.39, 0.29) is 4.70 Å². The van der Waals surface area contributed by atoms with Crippen LogP contribution in [0.15, 0.2) is 48.5 Å². The van der Waals surface area contributed by atoms with E-state index in [0.29, 0.717) is 11.1 Å². The molecule has 0 spiro atoms. The third-order valence-electron chi connectivity index (χ3n) is 2.47. The van der Waals surface area contributed by atoms with Crippen LogP contribution in [0.2, 0.25) is 4.94 Å². The van der Waals surface area contributed by atoms with E-state index in [0.717, 1.165) is 3.57 Å². The summed E-state index contributed by atoms with van der Waals surface area (Å²) in [4.78, 5) is 23.0. The zero-order valence-electron chi connectivity index (χ0n) is 11.6. The summed E-state index contributed by atoms with van der Waals surface area (Å²) in [7, 11) is 0. The van der Waals surface area contributed by atoms with Crippen molar-refractivity contribution in [1.29, 1.82) is 0 Å². The normalized spacial score (nSPS) is 9.00. The fourth-order valence-electron chi connectivity index (χ4n) is 1.43. The second-order valence-corrected chi connectivity index (χ2v) is 8.27. The van der Waals surface area contributed by atoms with Gasteiger partial charge in [-0.2, -0.15) is 0 Å². The molecule has 0 fully saturated rings. The van der Waals surface area contributed by atoms with Crippen molar-refractivity contribution in [3.8, 4) is 0 Å². The predicted molar refractivity (Wildman–Crippen MR) is 93.3 cm³/mol. The van der Waals surface area contributed by atoms with Crippen LogP contribution >= 0.6 is 22.6 Å². The second-order valence-electron chi connectivity index (χ2n) is 3.95. The van der Waals surface area contributed by atoms with E-state index in [2.05, 4.69) is 27.5 Å². The zero-order valence-corrected chi connectivity index (χ0v) is 16.6. The van der Waals surface area contributed by atoms with Crippen LogP contribution in [0.4, 0.5) is 4.70 Å². The van der Waals surface area contributed by atoms with E-state index in [4.69, 9.17) is 10.2 Å². The van der Waals surface area contributed by atoms with Gasteiger partial charge >= 0.3 is 81.3 Å². The summed E-state index contributed by atoms with van der Waals surface area (Å²) in [6.45, 7) is 0. The van der Waals surface area contributed by atoms with Crippen LogP contribution < -0.4 is 3.58 Å². The number of rotatable bonds is 3. The third kappa shape index (κ3) is 7.21. The summed E-state index contributed by atoms with van der Waals surface area (Å²) >= 11 is 1.60. The molecule has 0 aliphatic carbocycles. The topological polar surface area (TPSA) is 74.6 Å². The Labute approximate surface area is 151 Å². The van der Waals surface area contributed by atoms with Crippen LogP contribution in [0.5, 0.6) is 0 Å². The van der Waals surface area contributed by atoms with Gasteiger partial charge < -0.3 is 5.11 Å². The maximum atomic E-state index is 10.5. The second kappa shape index (κ2) is 10.5. The van der Waals surface area contributed by atoms with Crippen LogP contribution in [-0.2, 0) is 0 Å². The van der Waals surface area contributed by atoms with Gasteiger partial charge in [0.1, 0.15) is 0 Å². The quantitative estimate of drug-likeness (QED) is 0.480. The first-order valence-electron chi connectivity index (χ1n) is 5.94. The molecule has 0 bridgehead atoms. The summed E-state index contributed by atoms with van der Waals surface area (Å²) in [6.07, 6.45) is 0. The first-order chi connectivity index (χ1) is 9.93. The Bertz CT molecular complexity index is 649. The van der Waals surface area contributed by atoms with Crippen LogP contribution in [-0.4, -0.2) is 43.3 Å². The van der Waals surface area contributed by atoms with Gasteiger partial charge in [-0.25, -0.2) is 4.79 Å². The van der Waals surface area contributed by atoms with E-state index in [1.165, 1.54) is 3.58 Å². The van der Waals surface area contributed by atoms with E-state index >= 15 is 0 Å². The molecule has 0 saturated heterocycles. The average molecular weight is 523 g/mol. The van der Waals surface area contributed by atoms with Gasteiger partial charge in [0.15, 0.2) is 0 Å². The number of hydrogen-bond acceptors (Lipinski definition) is 2. The summed E-state index contributed by atoms with van der Waals surface area (Å²) < 4.78 is 2.17. The maximum absolute atomic E-state index is 10.5. The van der Waals surface area contributed by atoms with Gasteiger partial charge in [0.25, 0.3) is 0 Å². The summed E-state index contributed by atoms with van der Waals surface area (Å²) in [5.41, 5.74) is 0.747. The van der Waals surface area contributed by atoms with Crippen LogP contribution in [0.25, 0.3) is 0 Å². The van der Waals surface area contributed by atoms with Crippen molar-refractivity contribution in [3.63, 3.8) is 0 Å². The molecular weight excluding hydrogens is 509 g/mol. The molecule has 4 nitrogen and oxygen atoms in total. The fraction of sp³-hybridized carbons (Fsp3) is 0.0667. The van der Waals surface area contributed by atoms with Crippen molar-refractivity contribution in [1.82, 2.24) is 0 Å². The van der Waals surface area contributed by atoms with Gasteiger partial charge in [-0.05, 0) is 40.8 Å². The Morgan fingerprint density at radius 1 is 0.955 bits per heavy atom. The van der Waals surface area contributed by atoms with Crippen LogP contribution in [0.3, 0.4) is 0 Å². The number of carbonyl (C=O) groups is 2. The molecule has 0 heterocycles. The molecule has 2 aromatic carbocycles. The average Bonchev–Trinajstić information content (AvgIpc) is 2.48. The standard InChI is InChI=1S/C7H5IO2.C7H5O2.CH3.FH.Sn/c8-6-3-1-2-5(4-6)7(9)10;8-7(9)6-4-2-1-3-5-6;;;/h1-4H,(H,9,10);1-2,4-5H,(H,8,9);1H3;1H;. The molecule has 2 N–H and O–H groups in total. The molecule has 2 aromatic rings. The van der Waals surface area contributed by atoms with Crippen LogP contribution in [0, 0.1) is 3.57 Å². The fourth-order valence-corrected chi connectivity index (χ4v) is 3.58. The van der Waals surface area contributed by atoms with E-state index < -0.39 is 33.1 Å². The number of hydrogen-bond donors (Lipinski definition) is 2. The molecule has 22 heavy (non-hydrogen) atoms. The van der Waals surface area contributed by atoms with Gasteiger partial charge in [-0.3, -0.25) is 4.70 Å². The van der Waals surface area contributed by atoms with Crippen molar-refractivity contribution in [2.45, 2.75) is 4.94 Å². The minimum absolute atomic E-state index is 0. The number of carboxylic acid groups (broad SMARTS) is 2. The van der Waals surface area contributed by atoms with Crippen molar-refractivity contribution < 1.29 is 24.5 Å². The Morgan fingerprint density at radius 2 is 1.45 bits per heavy atom. The molecule has 0 saturated carbocycles. The number of aromatic carboxylic acids is 2. The van der Waals surface area contributed by atoms with Gasteiger partial charge in [0.2, 0.25) is 0 Å². The molecule has 116 valence electrons. The molecule has 2 rings (SSSR count). The van der Waals surface area contributed by atoms with Gasteiger partial charge in [0, 0.05) is 3.57 Å². The molecule has 0 aromatic heterocycles. The van der Waals surface area contributed by atoms with Crippen molar-refractivity contribution in [2.75, 3.05) is 0 Å². The SMILES string of the molecule is F.O=C(O)c1cccc(I)c1.[CH3][Sn][c]1cccc(C(=O)O)c1. The zero-order chi connectivity index (χ0) is 15.8. The van der Waals surface area contributed by atoms with Crippen LogP contribution in [0.1, 0.15) is 20.7 Å². The molecule has 0 aliphatic heterocycles. The Hall–Kier alpha value is -1.16. The minimum atomic E-state index is -0.876. The molecule has 0 atom stereocenters. The monoisotopic (exact) mass is 524 g/mol. The summed E-state index contributed by atoms with van der Waals surface area (Å²) in [6, 6.07) is 14.0. The van der Waals surface area contributed by atoms with Crippen molar-refractivity contribution in [2.24, 2.45) is 0 Å². The molecule has 0 amide bonds. The number of carboxylic acids is 2. The van der Waals surface area contributed by atoms with E-state index in [1.807, 2.05) is 18.2 Å².